The van der Waals surface area contributed by atoms with Crippen LogP contribution in [0.25, 0.3) is 0 Å². The van der Waals surface area contributed by atoms with E-state index in [0.717, 1.165) is 0 Å². The first-order chi connectivity index (χ1) is 9.04. The summed E-state index contributed by atoms with van der Waals surface area (Å²) in [4.78, 5) is 14.6. The van der Waals surface area contributed by atoms with Gasteiger partial charge in [0.05, 0.1) is 29.0 Å². The normalized spacial score (nSPS) is 11.4. The van der Waals surface area contributed by atoms with Gasteiger partial charge >= 0.3 is 0 Å². The van der Waals surface area contributed by atoms with Gasteiger partial charge < -0.3 is 5.32 Å². The molecule has 7 heteroatoms. The van der Waals surface area contributed by atoms with E-state index in [1.54, 1.807) is 0 Å². The molecule has 0 aromatic heterocycles. The molecular formula is C12H8BrClFN3O. The quantitative estimate of drug-likeness (QED) is 0.386. The molecule has 1 rings (SSSR count). The lowest BCUT2D eigenvalue weighted by molar-refractivity contribution is -0.107. The van der Waals surface area contributed by atoms with Gasteiger partial charge in [-0.1, -0.05) is 0 Å². The highest BCUT2D eigenvalue weighted by atomic mass is 79.9. The molecule has 0 saturated heterocycles. The Bertz CT molecular complexity index is 581. The van der Waals surface area contributed by atoms with Gasteiger partial charge in [0.15, 0.2) is 0 Å². The molecule has 0 aliphatic rings. The Balaban J connectivity index is 2.63. The van der Waals surface area contributed by atoms with Crippen LogP contribution in [0, 0.1) is 17.1 Å². The molecule has 19 heavy (non-hydrogen) atoms. The zero-order valence-electron chi connectivity index (χ0n) is 9.53. The van der Waals surface area contributed by atoms with Gasteiger partial charge in [0.25, 0.3) is 5.24 Å². The molecule has 0 heterocycles. The summed E-state index contributed by atoms with van der Waals surface area (Å²) >= 11 is 8.11. The number of hydrogen-bond acceptors (Lipinski definition) is 3. The third kappa shape index (κ3) is 5.20. The molecule has 98 valence electrons. The summed E-state index contributed by atoms with van der Waals surface area (Å²) in [5, 5.41) is 10.8. The molecule has 0 spiro atoms. The van der Waals surface area contributed by atoms with Gasteiger partial charge in [-0.3, -0.25) is 9.79 Å². The number of carbonyl (C=O) groups excluding carboxylic acids is 1. The van der Waals surface area contributed by atoms with Crippen LogP contribution >= 0.6 is 27.5 Å². The van der Waals surface area contributed by atoms with Crippen molar-refractivity contribution in [3.63, 3.8) is 0 Å². The van der Waals surface area contributed by atoms with Crippen LogP contribution in [0.2, 0.25) is 0 Å². The van der Waals surface area contributed by atoms with Crippen molar-refractivity contribution in [2.24, 2.45) is 4.99 Å². The molecule has 1 aromatic carbocycles. The maximum atomic E-state index is 13.0. The maximum absolute atomic E-state index is 13.0. The highest BCUT2D eigenvalue weighted by molar-refractivity contribution is 9.12. The second-order valence-electron chi connectivity index (χ2n) is 3.32. The largest absolute Gasteiger partial charge is 0.352 e. The minimum atomic E-state index is -0.641. The number of nitrogens with zero attached hydrogens (tertiary/aromatic N) is 2. The highest BCUT2D eigenvalue weighted by Crippen LogP contribution is 2.11. The lowest BCUT2D eigenvalue weighted by Gasteiger charge is -2.00. The molecule has 0 amide bonds. The Kier molecular flexibility index (Phi) is 6.19. The molecule has 0 aliphatic carbocycles. The van der Waals surface area contributed by atoms with E-state index in [1.165, 1.54) is 30.7 Å². The second-order valence-corrected chi connectivity index (χ2v) is 4.51. The van der Waals surface area contributed by atoms with E-state index < -0.39 is 11.1 Å². The summed E-state index contributed by atoms with van der Waals surface area (Å²) in [6.45, 7) is 0.147. The molecule has 4 nitrogen and oxygen atoms in total. The van der Waals surface area contributed by atoms with Gasteiger partial charge in [0, 0.05) is 6.20 Å². The Hall–Kier alpha value is -1.71. The van der Waals surface area contributed by atoms with Crippen LogP contribution in [0.3, 0.4) is 0 Å². The number of benzene rings is 1. The standard InChI is InChI=1S/C12H8BrClFN3O/c13-11(12(14)19)6-18-7-17-5-9-3-10(15)2-1-8(9)4-16/h1-3,6-7H,5H2,(H,17,18)/b11-6+. The summed E-state index contributed by atoms with van der Waals surface area (Å²) in [6.07, 6.45) is 2.63. The molecule has 0 fully saturated rings. The smallest absolute Gasteiger partial charge is 0.260 e. The van der Waals surface area contributed by atoms with Crippen molar-refractivity contribution in [2.75, 3.05) is 0 Å². The number of hydrogen-bond donors (Lipinski definition) is 1. The first kappa shape index (κ1) is 15.3. The van der Waals surface area contributed by atoms with Crippen LogP contribution < -0.4 is 5.32 Å². The third-order valence-electron chi connectivity index (χ3n) is 2.01. The van der Waals surface area contributed by atoms with Gasteiger partial charge in [-0.05, 0) is 51.3 Å². The molecule has 0 atom stereocenters. The van der Waals surface area contributed by atoms with Crippen molar-refractivity contribution >= 4 is 39.1 Å². The van der Waals surface area contributed by atoms with Crippen LogP contribution in [0.5, 0.6) is 0 Å². The first-order valence-corrected chi connectivity index (χ1v) is 6.20. The van der Waals surface area contributed by atoms with Crippen molar-refractivity contribution in [3.8, 4) is 6.07 Å². The van der Waals surface area contributed by atoms with Crippen molar-refractivity contribution < 1.29 is 9.18 Å². The summed E-state index contributed by atoms with van der Waals surface area (Å²) < 4.78 is 13.2. The maximum Gasteiger partial charge on any atom is 0.260 e. The van der Waals surface area contributed by atoms with Gasteiger partial charge in [-0.15, -0.1) is 0 Å². The lowest BCUT2D eigenvalue weighted by Crippen LogP contribution is -2.03. The van der Waals surface area contributed by atoms with Crippen LogP contribution in [0.15, 0.2) is 33.9 Å². The Labute approximate surface area is 122 Å². The fourth-order valence-electron chi connectivity index (χ4n) is 1.17. The first-order valence-electron chi connectivity index (χ1n) is 5.03. The van der Waals surface area contributed by atoms with Crippen LogP contribution in [-0.4, -0.2) is 11.6 Å². The predicted molar refractivity (Wildman–Crippen MR) is 74.3 cm³/mol. The van der Waals surface area contributed by atoms with Crippen molar-refractivity contribution in [1.29, 1.82) is 5.26 Å². The number of rotatable bonds is 5. The Morgan fingerprint density at radius 3 is 3.00 bits per heavy atom. The summed E-state index contributed by atoms with van der Waals surface area (Å²) in [7, 11) is 0. The summed E-state index contributed by atoms with van der Waals surface area (Å²) in [6, 6.07) is 5.83. The SMILES string of the molecule is N#Cc1ccc(F)cc1CN=CN/C=C(/Br)C(=O)Cl. The van der Waals surface area contributed by atoms with Crippen LogP contribution in [0.1, 0.15) is 11.1 Å². The number of halogens is 3. The Morgan fingerprint density at radius 2 is 2.37 bits per heavy atom. The molecule has 0 unspecified atom stereocenters. The van der Waals surface area contributed by atoms with Gasteiger partial charge in [0.2, 0.25) is 0 Å². The zero-order valence-corrected chi connectivity index (χ0v) is 11.9. The zero-order chi connectivity index (χ0) is 14.3. The lowest BCUT2D eigenvalue weighted by atomic mass is 10.1. The van der Waals surface area contributed by atoms with E-state index in [4.69, 9.17) is 16.9 Å². The predicted octanol–water partition coefficient (Wildman–Crippen LogP) is 2.82. The van der Waals surface area contributed by atoms with E-state index in [1.807, 2.05) is 6.07 Å². The van der Waals surface area contributed by atoms with Crippen molar-refractivity contribution in [2.45, 2.75) is 6.54 Å². The summed E-state index contributed by atoms with van der Waals surface area (Å²) in [5.41, 5.74) is 0.850. The number of aliphatic imine (C=N–C) groups is 1. The Morgan fingerprint density at radius 1 is 1.63 bits per heavy atom. The van der Waals surface area contributed by atoms with Crippen LogP contribution in [-0.2, 0) is 11.3 Å². The third-order valence-corrected chi connectivity index (χ3v) is 3.03. The minimum Gasteiger partial charge on any atom is -0.352 e. The molecule has 1 aromatic rings. The van der Waals surface area contributed by atoms with E-state index in [0.29, 0.717) is 11.1 Å². The summed E-state index contributed by atoms with van der Waals surface area (Å²) in [5.74, 6) is -0.424. The number of carbonyl (C=O) groups is 1. The second kappa shape index (κ2) is 7.67. The van der Waals surface area contributed by atoms with E-state index in [2.05, 4.69) is 26.2 Å². The molecule has 1 N–H and O–H groups in total. The fraction of sp³-hybridized carbons (Fsp3) is 0.0833. The highest BCUT2D eigenvalue weighted by Gasteiger charge is 2.02. The average molecular weight is 345 g/mol. The van der Waals surface area contributed by atoms with E-state index in [-0.39, 0.29) is 11.0 Å². The van der Waals surface area contributed by atoms with Crippen molar-refractivity contribution in [3.05, 3.63) is 45.8 Å². The van der Waals surface area contributed by atoms with Gasteiger partial charge in [-0.25, -0.2) is 4.39 Å². The monoisotopic (exact) mass is 343 g/mol. The number of nitrogens with one attached hydrogen (secondary N) is 1. The molecule has 0 aliphatic heterocycles. The molecule has 0 bridgehead atoms. The van der Waals surface area contributed by atoms with E-state index in [9.17, 15) is 9.18 Å². The fourth-order valence-corrected chi connectivity index (χ4v) is 1.35. The van der Waals surface area contributed by atoms with Gasteiger partial charge in [0.1, 0.15) is 5.82 Å². The topological polar surface area (TPSA) is 65.2 Å². The van der Waals surface area contributed by atoms with E-state index >= 15 is 0 Å². The number of nitriles is 1. The minimum absolute atomic E-state index is 0.147. The van der Waals surface area contributed by atoms with Crippen molar-refractivity contribution in [1.82, 2.24) is 5.32 Å². The van der Waals surface area contributed by atoms with Gasteiger partial charge in [-0.2, -0.15) is 5.26 Å². The average Bonchev–Trinajstić information content (AvgIpc) is 2.38. The molecular weight excluding hydrogens is 337 g/mol. The molecule has 0 saturated carbocycles. The van der Waals surface area contributed by atoms with Crippen LogP contribution in [0.4, 0.5) is 4.39 Å². The number of allylic oxidation sites excluding steroid dienone is 1. The molecule has 0 radical (unpaired) electrons.